The number of hydrogen-bond donors (Lipinski definition) is 1. The fourth-order valence-electron chi connectivity index (χ4n) is 2.15. The van der Waals surface area contributed by atoms with E-state index in [-0.39, 0.29) is 11.1 Å². The normalized spacial score (nSPS) is 11.8. The number of rotatable bonds is 4. The Hall–Kier alpha value is -2.38. The molecular formula is C14H13F3N2O3. The Morgan fingerprint density at radius 1 is 1.32 bits per heavy atom. The molecule has 0 saturated heterocycles. The molecule has 8 heteroatoms. The predicted octanol–water partition coefficient (Wildman–Crippen LogP) is 2.28. The topological polar surface area (TPSA) is 72.2 Å². The quantitative estimate of drug-likeness (QED) is 0.940. The van der Waals surface area contributed by atoms with Crippen LogP contribution in [0.15, 0.2) is 23.0 Å². The highest BCUT2D eigenvalue weighted by Crippen LogP contribution is 2.24. The highest BCUT2D eigenvalue weighted by atomic mass is 19.4. The molecule has 1 aromatic heterocycles. The maximum Gasteiger partial charge on any atom is 0.389 e. The Bertz CT molecular complexity index is 781. The van der Waals surface area contributed by atoms with Crippen LogP contribution >= 0.6 is 0 Å². The van der Waals surface area contributed by atoms with Crippen molar-refractivity contribution >= 4 is 16.7 Å². The zero-order valence-corrected chi connectivity index (χ0v) is 11.6. The minimum absolute atomic E-state index is 0.0666. The van der Waals surface area contributed by atoms with Crippen LogP contribution in [-0.2, 0) is 17.8 Å². The van der Waals surface area contributed by atoms with Crippen LogP contribution in [0.1, 0.15) is 17.7 Å². The molecule has 0 spiro atoms. The van der Waals surface area contributed by atoms with Crippen LogP contribution in [0.25, 0.3) is 10.8 Å². The molecule has 0 aliphatic carbocycles. The van der Waals surface area contributed by atoms with Crippen molar-refractivity contribution in [3.8, 4) is 0 Å². The maximum absolute atomic E-state index is 12.4. The summed E-state index contributed by atoms with van der Waals surface area (Å²) in [6.07, 6.45) is -5.86. The number of halogens is 3. The number of carbonyl (C=O) groups is 1. The molecule has 0 saturated carbocycles. The minimum Gasteiger partial charge on any atom is -0.480 e. The summed E-state index contributed by atoms with van der Waals surface area (Å²) in [6, 6.07) is 4.70. The molecule has 0 aliphatic heterocycles. The smallest absolute Gasteiger partial charge is 0.389 e. The SMILES string of the molecule is Cc1ccc2c(=O)n(CC(=O)O)nc(CCC(F)(F)F)c2c1. The third-order valence-corrected chi connectivity index (χ3v) is 3.12. The van der Waals surface area contributed by atoms with Gasteiger partial charge in [0.1, 0.15) is 6.54 Å². The number of carboxylic acid groups (broad SMARTS) is 1. The molecule has 118 valence electrons. The van der Waals surface area contributed by atoms with Gasteiger partial charge in [-0.3, -0.25) is 9.59 Å². The highest BCUT2D eigenvalue weighted by Gasteiger charge is 2.27. The van der Waals surface area contributed by atoms with E-state index in [0.717, 1.165) is 5.56 Å². The first kappa shape index (κ1) is 16.0. The number of hydrogen-bond acceptors (Lipinski definition) is 3. The number of nitrogens with zero attached hydrogens (tertiary/aromatic N) is 2. The van der Waals surface area contributed by atoms with E-state index in [1.165, 1.54) is 6.07 Å². The van der Waals surface area contributed by atoms with E-state index in [9.17, 15) is 22.8 Å². The van der Waals surface area contributed by atoms with Gasteiger partial charge in [0, 0.05) is 18.2 Å². The van der Waals surface area contributed by atoms with Crippen LogP contribution in [0.2, 0.25) is 0 Å². The largest absolute Gasteiger partial charge is 0.480 e. The monoisotopic (exact) mass is 314 g/mol. The van der Waals surface area contributed by atoms with Crippen LogP contribution in [-0.4, -0.2) is 27.0 Å². The zero-order valence-electron chi connectivity index (χ0n) is 11.6. The number of fused-ring (bicyclic) bond motifs is 1. The van der Waals surface area contributed by atoms with Crippen LogP contribution in [0.4, 0.5) is 13.2 Å². The van der Waals surface area contributed by atoms with Gasteiger partial charge in [-0.2, -0.15) is 18.3 Å². The van der Waals surface area contributed by atoms with Crippen molar-refractivity contribution in [2.24, 2.45) is 0 Å². The van der Waals surface area contributed by atoms with Crippen molar-refractivity contribution in [3.63, 3.8) is 0 Å². The molecule has 22 heavy (non-hydrogen) atoms. The fraction of sp³-hybridized carbons (Fsp3) is 0.357. The Morgan fingerprint density at radius 2 is 2.00 bits per heavy atom. The molecule has 0 amide bonds. The van der Waals surface area contributed by atoms with Gasteiger partial charge in [-0.1, -0.05) is 11.6 Å². The number of aryl methyl sites for hydroxylation is 2. The van der Waals surface area contributed by atoms with Gasteiger partial charge >= 0.3 is 12.1 Å². The molecule has 0 bridgehead atoms. The second kappa shape index (κ2) is 5.78. The lowest BCUT2D eigenvalue weighted by atomic mass is 10.1. The number of aromatic nitrogens is 2. The Balaban J connectivity index is 2.60. The Morgan fingerprint density at radius 3 is 2.59 bits per heavy atom. The zero-order chi connectivity index (χ0) is 16.5. The molecule has 2 rings (SSSR count). The van der Waals surface area contributed by atoms with Gasteiger partial charge in [-0.25, -0.2) is 4.68 Å². The summed E-state index contributed by atoms with van der Waals surface area (Å²) < 4.78 is 37.9. The lowest BCUT2D eigenvalue weighted by Gasteiger charge is -2.11. The molecular weight excluding hydrogens is 301 g/mol. The first-order valence-corrected chi connectivity index (χ1v) is 6.46. The number of aliphatic carboxylic acids is 1. The summed E-state index contributed by atoms with van der Waals surface area (Å²) in [6.45, 7) is 1.05. The van der Waals surface area contributed by atoms with Crippen molar-refractivity contribution < 1.29 is 23.1 Å². The molecule has 1 N–H and O–H groups in total. The molecule has 0 radical (unpaired) electrons. The van der Waals surface area contributed by atoms with Crippen molar-refractivity contribution in [2.45, 2.75) is 32.5 Å². The fourth-order valence-corrected chi connectivity index (χ4v) is 2.15. The standard InChI is InChI=1S/C14H13F3N2O3/c1-8-2-3-9-10(6-8)11(4-5-14(15,16)17)18-19(13(9)22)7-12(20)21/h2-3,6H,4-5,7H2,1H3,(H,20,21). The summed E-state index contributed by atoms with van der Waals surface area (Å²) in [5.41, 5.74) is 0.211. The van der Waals surface area contributed by atoms with E-state index in [1.807, 2.05) is 0 Å². The summed E-state index contributed by atoms with van der Waals surface area (Å²) in [5.74, 6) is -1.29. The summed E-state index contributed by atoms with van der Waals surface area (Å²) in [4.78, 5) is 22.9. The second-order valence-electron chi connectivity index (χ2n) is 4.97. The molecule has 0 atom stereocenters. The van der Waals surface area contributed by atoms with Crippen LogP contribution in [0.5, 0.6) is 0 Å². The van der Waals surface area contributed by atoms with Crippen molar-refractivity contribution in [1.82, 2.24) is 9.78 Å². The molecule has 0 aliphatic rings. The number of alkyl halides is 3. The van der Waals surface area contributed by atoms with Gasteiger partial charge in [0.15, 0.2) is 0 Å². The van der Waals surface area contributed by atoms with Gasteiger partial charge in [0.2, 0.25) is 0 Å². The molecule has 1 aromatic carbocycles. The van der Waals surface area contributed by atoms with E-state index in [1.54, 1.807) is 19.1 Å². The maximum atomic E-state index is 12.4. The molecule has 5 nitrogen and oxygen atoms in total. The van der Waals surface area contributed by atoms with Gasteiger partial charge < -0.3 is 5.11 Å². The minimum atomic E-state index is -4.36. The lowest BCUT2D eigenvalue weighted by Crippen LogP contribution is -2.28. The van der Waals surface area contributed by atoms with Crippen LogP contribution in [0.3, 0.4) is 0 Å². The third-order valence-electron chi connectivity index (χ3n) is 3.12. The van der Waals surface area contributed by atoms with Crippen molar-refractivity contribution in [2.75, 3.05) is 0 Å². The van der Waals surface area contributed by atoms with Gasteiger partial charge in [0.05, 0.1) is 11.1 Å². The van der Waals surface area contributed by atoms with Gasteiger partial charge in [-0.15, -0.1) is 0 Å². The van der Waals surface area contributed by atoms with E-state index >= 15 is 0 Å². The molecule has 1 heterocycles. The van der Waals surface area contributed by atoms with E-state index in [2.05, 4.69) is 5.10 Å². The van der Waals surface area contributed by atoms with Gasteiger partial charge in [0.25, 0.3) is 5.56 Å². The molecule has 2 aromatic rings. The predicted molar refractivity (Wildman–Crippen MR) is 72.8 cm³/mol. The third kappa shape index (κ3) is 3.63. The van der Waals surface area contributed by atoms with Crippen LogP contribution < -0.4 is 5.56 Å². The summed E-state index contributed by atoms with van der Waals surface area (Å²) in [5, 5.41) is 13.1. The van der Waals surface area contributed by atoms with Gasteiger partial charge in [-0.05, 0) is 19.1 Å². The first-order chi connectivity index (χ1) is 10.2. The highest BCUT2D eigenvalue weighted by molar-refractivity contribution is 5.84. The van der Waals surface area contributed by atoms with Crippen molar-refractivity contribution in [1.29, 1.82) is 0 Å². The van der Waals surface area contributed by atoms with E-state index < -0.39 is 37.1 Å². The average Bonchev–Trinajstić information content (AvgIpc) is 2.39. The Kier molecular flexibility index (Phi) is 4.20. The number of benzene rings is 1. The summed E-state index contributed by atoms with van der Waals surface area (Å²) >= 11 is 0. The first-order valence-electron chi connectivity index (χ1n) is 6.46. The molecule has 0 unspecified atom stereocenters. The van der Waals surface area contributed by atoms with E-state index in [4.69, 9.17) is 5.11 Å². The van der Waals surface area contributed by atoms with E-state index in [0.29, 0.717) is 10.1 Å². The van der Waals surface area contributed by atoms with Crippen molar-refractivity contribution in [3.05, 3.63) is 39.8 Å². The second-order valence-corrected chi connectivity index (χ2v) is 4.97. The summed E-state index contributed by atoms with van der Waals surface area (Å²) in [7, 11) is 0. The van der Waals surface area contributed by atoms with Crippen LogP contribution in [0, 0.1) is 6.92 Å². The Labute approximate surface area is 123 Å². The average molecular weight is 314 g/mol. The number of carboxylic acids is 1. The molecule has 0 fully saturated rings. The lowest BCUT2D eigenvalue weighted by molar-refractivity contribution is -0.138.